The van der Waals surface area contributed by atoms with Gasteiger partial charge in [0, 0.05) is 36.2 Å². The van der Waals surface area contributed by atoms with Crippen LogP contribution in [0, 0.1) is 17.1 Å². The Morgan fingerprint density at radius 2 is 1.91 bits per heavy atom. The average Bonchev–Trinajstić information content (AvgIpc) is 3.52. The third kappa shape index (κ3) is 4.47. The van der Waals surface area contributed by atoms with Gasteiger partial charge in [0.05, 0.1) is 45.0 Å². The lowest BCUT2D eigenvalue weighted by Gasteiger charge is -2.18. The van der Waals surface area contributed by atoms with Crippen LogP contribution in [0.15, 0.2) is 55.2 Å². The summed E-state index contributed by atoms with van der Waals surface area (Å²) in [5, 5.41) is 27.9. The van der Waals surface area contributed by atoms with Crippen molar-refractivity contribution < 1.29 is 4.39 Å². The number of pyridine rings is 1. The summed E-state index contributed by atoms with van der Waals surface area (Å²) >= 11 is 12.5. The number of nitrogens with zero attached hydrogens (tertiary/aromatic N) is 6. The number of aromatic amines is 1. The van der Waals surface area contributed by atoms with Gasteiger partial charge >= 0.3 is 0 Å². The fourth-order valence-electron chi connectivity index (χ4n) is 3.68. The highest BCUT2D eigenvalue weighted by Crippen LogP contribution is 2.36. The Balaban J connectivity index is 1.61. The van der Waals surface area contributed by atoms with Crippen LogP contribution in [-0.2, 0) is 7.05 Å². The van der Waals surface area contributed by atoms with Crippen molar-refractivity contribution in [2.75, 3.05) is 10.6 Å². The molecule has 5 rings (SSSR count). The Labute approximate surface area is 208 Å². The van der Waals surface area contributed by atoms with Crippen molar-refractivity contribution in [2.45, 2.75) is 6.04 Å². The van der Waals surface area contributed by atoms with E-state index in [0.29, 0.717) is 38.7 Å². The number of halogens is 3. The number of nitrogens with one attached hydrogen (secondary N) is 3. The Kier molecular flexibility index (Phi) is 5.94. The van der Waals surface area contributed by atoms with E-state index in [1.807, 2.05) is 23.9 Å². The third-order valence-electron chi connectivity index (χ3n) is 5.30. The van der Waals surface area contributed by atoms with Gasteiger partial charge in [-0.25, -0.2) is 9.37 Å². The molecule has 5 aromatic rings. The lowest BCUT2D eigenvalue weighted by Crippen LogP contribution is -2.13. The number of imidazole rings is 1. The van der Waals surface area contributed by atoms with Crippen LogP contribution in [0.5, 0.6) is 0 Å². The van der Waals surface area contributed by atoms with Gasteiger partial charge < -0.3 is 15.2 Å². The first-order chi connectivity index (χ1) is 16.9. The van der Waals surface area contributed by atoms with Crippen LogP contribution >= 0.6 is 23.2 Å². The highest BCUT2D eigenvalue weighted by Gasteiger charge is 2.21. The molecule has 3 aromatic heterocycles. The molecule has 0 amide bonds. The maximum Gasteiger partial charge on any atom is 0.141 e. The smallest absolute Gasteiger partial charge is 0.141 e. The number of hydrogen-bond acceptors (Lipinski definition) is 7. The molecule has 174 valence electrons. The molecule has 0 spiro atoms. The molecule has 0 bridgehead atoms. The van der Waals surface area contributed by atoms with E-state index >= 15 is 0 Å². The number of aromatic nitrogens is 6. The van der Waals surface area contributed by atoms with E-state index in [0.717, 1.165) is 5.69 Å². The summed E-state index contributed by atoms with van der Waals surface area (Å²) in [4.78, 5) is 8.81. The number of H-pyrrole nitrogens is 1. The largest absolute Gasteiger partial charge is 0.371 e. The van der Waals surface area contributed by atoms with Crippen LogP contribution < -0.4 is 10.6 Å². The standard InChI is InChI=1S/C23H16Cl2FN9/c1-35-10-20(29-11-35)23(19-9-30-34-33-19)32-14-4-15-21(31-13-2-3-18(26)16(24)5-13)12(7-27)8-28-22(15)17(25)6-14/h2-6,8-11,23,32H,1H3,(H,28,31)(H,30,33,34)/t23-/m1/s1. The Morgan fingerprint density at radius 3 is 2.60 bits per heavy atom. The minimum atomic E-state index is -0.541. The average molecular weight is 508 g/mol. The second-order valence-electron chi connectivity index (χ2n) is 7.70. The van der Waals surface area contributed by atoms with Gasteiger partial charge in [-0.1, -0.05) is 23.2 Å². The van der Waals surface area contributed by atoms with Crippen LogP contribution in [0.1, 0.15) is 23.0 Å². The van der Waals surface area contributed by atoms with Crippen molar-refractivity contribution in [1.29, 1.82) is 5.26 Å². The molecule has 3 heterocycles. The SMILES string of the molecule is Cn1cnc([C@H](Nc2cc(Cl)c3ncc(C#N)c(Nc4ccc(F)c(Cl)c4)c3c2)c2cn[nH]n2)c1. The predicted octanol–water partition coefficient (Wildman–Crippen LogP) is 5.35. The molecule has 0 aliphatic rings. The lowest BCUT2D eigenvalue weighted by molar-refractivity contribution is 0.628. The van der Waals surface area contributed by atoms with Gasteiger partial charge in [-0.05, 0) is 30.3 Å². The zero-order chi connectivity index (χ0) is 24.5. The first-order valence-electron chi connectivity index (χ1n) is 10.3. The molecule has 0 saturated heterocycles. The first kappa shape index (κ1) is 22.6. The van der Waals surface area contributed by atoms with E-state index in [1.54, 1.807) is 18.6 Å². The van der Waals surface area contributed by atoms with Gasteiger partial charge in [0.1, 0.15) is 23.6 Å². The number of benzene rings is 2. The van der Waals surface area contributed by atoms with Crippen molar-refractivity contribution >= 4 is 51.2 Å². The van der Waals surface area contributed by atoms with Gasteiger partial charge in [0.25, 0.3) is 0 Å². The van der Waals surface area contributed by atoms with Crippen molar-refractivity contribution in [3.63, 3.8) is 0 Å². The Bertz CT molecular complexity index is 1570. The molecule has 9 nitrogen and oxygen atoms in total. The quantitative estimate of drug-likeness (QED) is 0.283. The summed E-state index contributed by atoms with van der Waals surface area (Å²) < 4.78 is 15.5. The molecule has 12 heteroatoms. The monoisotopic (exact) mass is 507 g/mol. The zero-order valence-electron chi connectivity index (χ0n) is 18.1. The molecule has 1 atom stereocenters. The van der Waals surface area contributed by atoms with Crippen LogP contribution in [-0.4, -0.2) is 29.9 Å². The van der Waals surface area contributed by atoms with Crippen molar-refractivity contribution in [3.8, 4) is 6.07 Å². The van der Waals surface area contributed by atoms with Gasteiger partial charge in [-0.15, -0.1) is 0 Å². The fraction of sp³-hybridized carbons (Fsp3) is 0.0870. The molecule has 0 aliphatic heterocycles. The number of hydrogen-bond donors (Lipinski definition) is 3. The second kappa shape index (κ2) is 9.21. The summed E-state index contributed by atoms with van der Waals surface area (Å²) in [5.41, 5.74) is 3.72. The molecule has 0 radical (unpaired) electrons. The van der Waals surface area contributed by atoms with Crippen molar-refractivity contribution in [2.24, 2.45) is 7.05 Å². The molecule has 35 heavy (non-hydrogen) atoms. The molecule has 2 aromatic carbocycles. The molecular formula is C23H16Cl2FN9. The Hall–Kier alpha value is -4.20. The summed E-state index contributed by atoms with van der Waals surface area (Å²) in [6, 6.07) is 9.47. The van der Waals surface area contributed by atoms with E-state index in [-0.39, 0.29) is 10.6 Å². The maximum absolute atomic E-state index is 13.7. The summed E-state index contributed by atoms with van der Waals surface area (Å²) in [5.74, 6) is -0.541. The minimum Gasteiger partial charge on any atom is -0.371 e. The van der Waals surface area contributed by atoms with E-state index in [2.05, 4.69) is 42.1 Å². The number of aryl methyl sites for hydroxylation is 1. The Morgan fingerprint density at radius 1 is 1.09 bits per heavy atom. The van der Waals surface area contributed by atoms with Gasteiger partial charge in [-0.2, -0.15) is 20.7 Å². The van der Waals surface area contributed by atoms with Gasteiger partial charge in [0.2, 0.25) is 0 Å². The fourth-order valence-corrected chi connectivity index (χ4v) is 4.13. The highest BCUT2D eigenvalue weighted by atomic mass is 35.5. The van der Waals surface area contributed by atoms with E-state index in [9.17, 15) is 9.65 Å². The minimum absolute atomic E-state index is 0.0435. The van der Waals surface area contributed by atoms with Crippen molar-refractivity contribution in [3.05, 3.63) is 88.1 Å². The van der Waals surface area contributed by atoms with Crippen LogP contribution in [0.4, 0.5) is 21.5 Å². The van der Waals surface area contributed by atoms with E-state index in [1.165, 1.54) is 24.4 Å². The van der Waals surface area contributed by atoms with Crippen LogP contribution in [0.2, 0.25) is 10.0 Å². The predicted molar refractivity (Wildman–Crippen MR) is 131 cm³/mol. The number of nitriles is 1. The lowest BCUT2D eigenvalue weighted by atomic mass is 10.1. The zero-order valence-corrected chi connectivity index (χ0v) is 19.6. The topological polar surface area (TPSA) is 120 Å². The number of fused-ring (bicyclic) bond motifs is 1. The first-order valence-corrected chi connectivity index (χ1v) is 11.0. The van der Waals surface area contributed by atoms with Gasteiger partial charge in [0.15, 0.2) is 0 Å². The number of anilines is 3. The molecule has 0 saturated carbocycles. The van der Waals surface area contributed by atoms with Crippen LogP contribution in [0.3, 0.4) is 0 Å². The van der Waals surface area contributed by atoms with E-state index in [4.69, 9.17) is 23.2 Å². The molecule has 3 N–H and O–H groups in total. The van der Waals surface area contributed by atoms with Gasteiger partial charge in [-0.3, -0.25) is 4.98 Å². The van der Waals surface area contributed by atoms with Crippen molar-refractivity contribution in [1.82, 2.24) is 29.9 Å². The third-order valence-corrected chi connectivity index (χ3v) is 5.87. The maximum atomic E-state index is 13.7. The molecule has 0 aliphatic carbocycles. The normalized spacial score (nSPS) is 11.9. The number of rotatable bonds is 6. The molecule has 0 unspecified atom stereocenters. The van der Waals surface area contributed by atoms with Crippen LogP contribution in [0.25, 0.3) is 10.9 Å². The highest BCUT2D eigenvalue weighted by molar-refractivity contribution is 6.36. The molecular weight excluding hydrogens is 492 g/mol. The second-order valence-corrected chi connectivity index (χ2v) is 8.52. The summed E-state index contributed by atoms with van der Waals surface area (Å²) in [6.07, 6.45) is 6.60. The summed E-state index contributed by atoms with van der Waals surface area (Å²) in [6.45, 7) is 0. The van der Waals surface area contributed by atoms with E-state index < -0.39 is 11.9 Å². The summed E-state index contributed by atoms with van der Waals surface area (Å²) in [7, 11) is 1.87. The molecule has 0 fully saturated rings.